The highest BCUT2D eigenvalue weighted by Crippen LogP contribution is 2.36. The van der Waals surface area contributed by atoms with E-state index in [1.54, 1.807) is 6.92 Å². The molecule has 11 heteroatoms. The van der Waals surface area contributed by atoms with Crippen molar-refractivity contribution in [2.24, 2.45) is 7.05 Å². The number of fused-ring (bicyclic) bond motifs is 1. The van der Waals surface area contributed by atoms with Crippen LogP contribution in [0.5, 0.6) is 0 Å². The van der Waals surface area contributed by atoms with Crippen LogP contribution in [0.25, 0.3) is 10.9 Å². The second-order valence-corrected chi connectivity index (χ2v) is 9.96. The summed E-state index contributed by atoms with van der Waals surface area (Å²) in [6.45, 7) is 1.55. The van der Waals surface area contributed by atoms with Crippen LogP contribution < -0.4 is 16.0 Å². The van der Waals surface area contributed by atoms with Crippen molar-refractivity contribution >= 4 is 20.9 Å². The Balaban J connectivity index is 1.84. The summed E-state index contributed by atoms with van der Waals surface area (Å²) in [6, 6.07) is 8.33. The zero-order valence-electron chi connectivity index (χ0n) is 17.2. The summed E-state index contributed by atoms with van der Waals surface area (Å²) in [7, 11) is -2.66. The van der Waals surface area contributed by atoms with Crippen molar-refractivity contribution in [2.45, 2.75) is 42.9 Å². The quantitative estimate of drug-likeness (QED) is 0.625. The Morgan fingerprint density at radius 1 is 1.09 bits per heavy atom. The van der Waals surface area contributed by atoms with Gasteiger partial charge < -0.3 is 0 Å². The normalized spacial score (nSPS) is 15.8. The van der Waals surface area contributed by atoms with Gasteiger partial charge in [-0.1, -0.05) is 12.1 Å². The van der Waals surface area contributed by atoms with E-state index >= 15 is 0 Å². The molecule has 0 aliphatic heterocycles. The van der Waals surface area contributed by atoms with Gasteiger partial charge in [0, 0.05) is 12.6 Å². The number of halogens is 3. The molecule has 1 heterocycles. The number of benzene rings is 2. The van der Waals surface area contributed by atoms with Crippen molar-refractivity contribution in [1.29, 1.82) is 0 Å². The summed E-state index contributed by atoms with van der Waals surface area (Å²) in [5, 5.41) is -0.0251. The lowest BCUT2D eigenvalue weighted by Crippen LogP contribution is -2.38. The molecular formula is C21H20F3N3O4S. The highest BCUT2D eigenvalue weighted by molar-refractivity contribution is 7.89. The van der Waals surface area contributed by atoms with E-state index in [2.05, 4.69) is 4.72 Å². The fourth-order valence-electron chi connectivity index (χ4n) is 3.49. The maximum absolute atomic E-state index is 13.1. The molecule has 2 aromatic carbocycles. The first-order valence-corrected chi connectivity index (χ1v) is 11.2. The average Bonchev–Trinajstić information content (AvgIpc) is 3.44. The van der Waals surface area contributed by atoms with Gasteiger partial charge in [-0.2, -0.15) is 13.2 Å². The van der Waals surface area contributed by atoms with Gasteiger partial charge >= 0.3 is 11.9 Å². The summed E-state index contributed by atoms with van der Waals surface area (Å²) in [6.07, 6.45) is -3.13. The first-order chi connectivity index (χ1) is 14.8. The van der Waals surface area contributed by atoms with Crippen LogP contribution in [0.2, 0.25) is 0 Å². The van der Waals surface area contributed by atoms with Crippen molar-refractivity contribution in [2.75, 3.05) is 0 Å². The first-order valence-electron chi connectivity index (χ1n) is 9.74. The number of hydrogen-bond donors (Lipinski definition) is 1. The molecule has 1 aliphatic carbocycles. The van der Waals surface area contributed by atoms with Gasteiger partial charge in [0.25, 0.3) is 5.56 Å². The Hall–Kier alpha value is -2.92. The standard InChI is InChI=1S/C21H20F3N3O4S/c1-20(8-9-20)25-32(30,31)15-6-7-17-16(11-15)18(28)26(2)19(29)27(17)12-13-4-3-5-14(10-13)21(22,23)24/h3-7,10-11,25H,8-9,12H2,1-2H3. The van der Waals surface area contributed by atoms with E-state index in [9.17, 15) is 31.2 Å². The Kier molecular flexibility index (Phi) is 5.09. The monoisotopic (exact) mass is 467 g/mol. The molecule has 0 radical (unpaired) electrons. The van der Waals surface area contributed by atoms with Gasteiger partial charge in [0.15, 0.2) is 0 Å². The summed E-state index contributed by atoms with van der Waals surface area (Å²) in [4.78, 5) is 25.3. The smallest absolute Gasteiger partial charge is 0.289 e. The lowest BCUT2D eigenvalue weighted by molar-refractivity contribution is -0.137. The number of sulfonamides is 1. The third-order valence-electron chi connectivity index (χ3n) is 5.60. The minimum Gasteiger partial charge on any atom is -0.289 e. The number of aromatic nitrogens is 2. The van der Waals surface area contributed by atoms with E-state index < -0.39 is 38.6 Å². The third kappa shape index (κ3) is 4.09. The SMILES string of the molecule is Cn1c(=O)c2cc(S(=O)(=O)NC3(C)CC3)ccc2n(Cc2cccc(C(F)(F)F)c2)c1=O. The highest BCUT2D eigenvalue weighted by atomic mass is 32.2. The van der Waals surface area contributed by atoms with E-state index in [4.69, 9.17) is 0 Å². The number of alkyl halides is 3. The Labute approximate surface area is 181 Å². The van der Waals surface area contributed by atoms with E-state index in [-0.39, 0.29) is 27.9 Å². The predicted octanol–water partition coefficient (Wildman–Crippen LogP) is 2.60. The molecule has 7 nitrogen and oxygen atoms in total. The Bertz CT molecular complexity index is 1450. The fourth-order valence-corrected chi connectivity index (χ4v) is 4.99. The van der Waals surface area contributed by atoms with E-state index in [0.717, 1.165) is 21.3 Å². The van der Waals surface area contributed by atoms with E-state index in [1.807, 2.05) is 0 Å². The molecule has 0 unspecified atom stereocenters. The predicted molar refractivity (Wildman–Crippen MR) is 112 cm³/mol. The van der Waals surface area contributed by atoms with E-state index in [0.29, 0.717) is 12.8 Å². The molecule has 1 fully saturated rings. The Morgan fingerprint density at radius 2 is 1.78 bits per heavy atom. The molecule has 0 amide bonds. The molecule has 1 saturated carbocycles. The summed E-state index contributed by atoms with van der Waals surface area (Å²) in [5.74, 6) is 0. The van der Waals surface area contributed by atoms with Gasteiger partial charge in [0.2, 0.25) is 10.0 Å². The van der Waals surface area contributed by atoms with Crippen LogP contribution in [-0.2, 0) is 29.8 Å². The second-order valence-electron chi connectivity index (χ2n) is 8.28. The molecule has 0 spiro atoms. The first kappa shape index (κ1) is 22.3. The molecule has 0 atom stereocenters. The molecule has 1 aromatic heterocycles. The third-order valence-corrected chi connectivity index (χ3v) is 7.23. The van der Waals surface area contributed by atoms with Crippen LogP contribution in [0.15, 0.2) is 56.9 Å². The van der Waals surface area contributed by atoms with Crippen LogP contribution in [0, 0.1) is 0 Å². The molecule has 0 saturated heterocycles. The number of nitrogens with zero attached hydrogens (tertiary/aromatic N) is 2. The topological polar surface area (TPSA) is 90.2 Å². The molecule has 4 rings (SSSR count). The average molecular weight is 467 g/mol. The van der Waals surface area contributed by atoms with Crippen molar-refractivity contribution < 1.29 is 21.6 Å². The van der Waals surface area contributed by atoms with Crippen molar-refractivity contribution in [3.05, 3.63) is 74.4 Å². The molecule has 32 heavy (non-hydrogen) atoms. The zero-order chi connectivity index (χ0) is 23.5. The lowest BCUT2D eigenvalue weighted by Gasteiger charge is -2.15. The second kappa shape index (κ2) is 7.31. The summed E-state index contributed by atoms with van der Waals surface area (Å²) >= 11 is 0. The fraction of sp³-hybridized carbons (Fsp3) is 0.333. The van der Waals surface area contributed by atoms with Crippen molar-refractivity contribution in [1.82, 2.24) is 13.9 Å². The maximum Gasteiger partial charge on any atom is 0.416 e. The number of rotatable bonds is 5. The Morgan fingerprint density at radius 3 is 2.41 bits per heavy atom. The van der Waals surface area contributed by atoms with Crippen molar-refractivity contribution in [3.8, 4) is 0 Å². The largest absolute Gasteiger partial charge is 0.416 e. The molecule has 3 aromatic rings. The van der Waals surface area contributed by atoms with Crippen LogP contribution in [0.3, 0.4) is 0 Å². The van der Waals surface area contributed by atoms with Crippen LogP contribution in [0.4, 0.5) is 13.2 Å². The van der Waals surface area contributed by atoms with Gasteiger partial charge in [-0.3, -0.25) is 13.9 Å². The molecule has 1 aliphatic rings. The summed E-state index contributed by atoms with van der Waals surface area (Å²) < 4.78 is 69.1. The lowest BCUT2D eigenvalue weighted by atomic mass is 10.1. The van der Waals surface area contributed by atoms with Gasteiger partial charge in [-0.15, -0.1) is 0 Å². The highest BCUT2D eigenvalue weighted by Gasteiger charge is 2.41. The van der Waals surface area contributed by atoms with Gasteiger partial charge in [0.1, 0.15) is 0 Å². The minimum atomic E-state index is -4.54. The molecule has 1 N–H and O–H groups in total. The minimum absolute atomic E-state index is 0.0251. The number of nitrogens with one attached hydrogen (secondary N) is 1. The molecule has 0 bridgehead atoms. The summed E-state index contributed by atoms with van der Waals surface area (Å²) in [5.41, 5.74) is -2.44. The van der Waals surface area contributed by atoms with Gasteiger partial charge in [0.05, 0.1) is 27.9 Å². The molecule has 170 valence electrons. The van der Waals surface area contributed by atoms with Crippen LogP contribution in [0.1, 0.15) is 30.9 Å². The molecular weight excluding hydrogens is 447 g/mol. The van der Waals surface area contributed by atoms with Gasteiger partial charge in [-0.25, -0.2) is 17.9 Å². The van der Waals surface area contributed by atoms with Gasteiger partial charge in [-0.05, 0) is 55.7 Å². The van der Waals surface area contributed by atoms with Crippen LogP contribution >= 0.6 is 0 Å². The zero-order valence-corrected chi connectivity index (χ0v) is 18.0. The van der Waals surface area contributed by atoms with Crippen molar-refractivity contribution in [3.63, 3.8) is 0 Å². The van der Waals surface area contributed by atoms with E-state index in [1.165, 1.54) is 37.4 Å². The van der Waals surface area contributed by atoms with Crippen LogP contribution in [-0.4, -0.2) is 23.1 Å². The maximum atomic E-state index is 13.1. The number of hydrogen-bond acceptors (Lipinski definition) is 4.